The van der Waals surface area contributed by atoms with Gasteiger partial charge >= 0.3 is 5.97 Å². The molecule has 0 aromatic carbocycles. The van der Waals surface area contributed by atoms with E-state index in [1.54, 1.807) is 0 Å². The highest BCUT2D eigenvalue weighted by molar-refractivity contribution is 6.01. The van der Waals surface area contributed by atoms with Crippen LogP contribution in [0.25, 0.3) is 0 Å². The fourth-order valence-corrected chi connectivity index (χ4v) is 7.94. The second-order valence-corrected chi connectivity index (χ2v) is 12.8. The number of carbonyl (C=O) groups is 3. The molecule has 198 valence electrons. The number of hydrogen-bond donors (Lipinski definition) is 0. The molecule has 3 saturated carbocycles. The van der Waals surface area contributed by atoms with Crippen molar-refractivity contribution in [2.75, 3.05) is 0 Å². The molecule has 0 amide bonds. The summed E-state index contributed by atoms with van der Waals surface area (Å²) in [6.45, 7) is 18.6. The Bertz CT molecular complexity index is 1050. The smallest absolute Gasteiger partial charge is 0.302 e. The first kappa shape index (κ1) is 28.3. The van der Waals surface area contributed by atoms with Crippen LogP contribution < -0.4 is 0 Å². The molecule has 0 aliphatic heterocycles. The molecule has 0 radical (unpaired) electrons. The van der Waals surface area contributed by atoms with Gasteiger partial charge in [-0.25, -0.2) is 0 Å². The van der Waals surface area contributed by atoms with E-state index < -0.39 is 0 Å². The predicted molar refractivity (Wildman–Crippen MR) is 145 cm³/mol. The van der Waals surface area contributed by atoms with Gasteiger partial charge in [-0.1, -0.05) is 57.6 Å². The minimum Gasteiger partial charge on any atom is -0.462 e. The van der Waals surface area contributed by atoms with Crippen molar-refractivity contribution in [1.29, 1.82) is 0 Å². The van der Waals surface area contributed by atoms with Crippen LogP contribution in [-0.4, -0.2) is 23.6 Å². The van der Waals surface area contributed by atoms with Gasteiger partial charge in [0, 0.05) is 36.2 Å². The Labute approximate surface area is 218 Å². The van der Waals surface area contributed by atoms with E-state index in [4.69, 9.17) is 4.74 Å². The number of Topliss-reactive ketones (excluding diaryl/α,β-unsaturated/α-hetero) is 2. The molecule has 4 heteroatoms. The largest absolute Gasteiger partial charge is 0.462 e. The number of esters is 1. The van der Waals surface area contributed by atoms with Crippen molar-refractivity contribution in [3.63, 3.8) is 0 Å². The third-order valence-electron chi connectivity index (χ3n) is 9.76. The summed E-state index contributed by atoms with van der Waals surface area (Å²) in [5, 5.41) is 0. The lowest BCUT2D eigenvalue weighted by molar-refractivity contribution is -0.185. The van der Waals surface area contributed by atoms with Gasteiger partial charge in [0.05, 0.1) is 0 Å². The number of carbonyl (C=O) groups excluding carboxylic acids is 3. The maximum atomic E-state index is 13.5. The molecule has 3 rings (SSSR count). The minimum atomic E-state index is -0.205. The van der Waals surface area contributed by atoms with Gasteiger partial charge in [-0.05, 0) is 81.8 Å². The highest BCUT2D eigenvalue weighted by Crippen LogP contribution is 2.69. The summed E-state index contributed by atoms with van der Waals surface area (Å²) >= 11 is 0. The van der Waals surface area contributed by atoms with Crippen molar-refractivity contribution < 1.29 is 19.1 Å². The van der Waals surface area contributed by atoms with Gasteiger partial charge in [0.15, 0.2) is 11.6 Å². The fraction of sp³-hybridized carbons (Fsp3) is 0.656. The topological polar surface area (TPSA) is 60.4 Å². The van der Waals surface area contributed by atoms with Crippen molar-refractivity contribution in [1.82, 2.24) is 0 Å². The Balaban J connectivity index is 1.87. The summed E-state index contributed by atoms with van der Waals surface area (Å²) in [7, 11) is 0. The average molecular weight is 495 g/mol. The maximum Gasteiger partial charge on any atom is 0.302 e. The second-order valence-electron chi connectivity index (χ2n) is 12.8. The fourth-order valence-electron chi connectivity index (χ4n) is 7.94. The quantitative estimate of drug-likeness (QED) is 0.166. The lowest BCUT2D eigenvalue weighted by Crippen LogP contribution is -2.58. The molecule has 0 heterocycles. The Morgan fingerprint density at radius 1 is 0.972 bits per heavy atom. The van der Waals surface area contributed by atoms with Crippen LogP contribution in [0.15, 0.2) is 46.6 Å². The molecular formula is C32H46O4. The van der Waals surface area contributed by atoms with E-state index >= 15 is 0 Å². The van der Waals surface area contributed by atoms with Gasteiger partial charge in [0.1, 0.15) is 6.10 Å². The molecular weight excluding hydrogens is 448 g/mol. The molecule has 0 aromatic rings. The molecule has 36 heavy (non-hydrogen) atoms. The average Bonchev–Trinajstić information content (AvgIpc) is 3.05. The first-order valence-corrected chi connectivity index (χ1v) is 13.6. The molecule has 0 aromatic heterocycles. The number of ketones is 2. The Kier molecular flexibility index (Phi) is 8.08. The minimum absolute atomic E-state index is 0.0301. The zero-order chi connectivity index (χ0) is 27.1. The van der Waals surface area contributed by atoms with Crippen LogP contribution >= 0.6 is 0 Å². The van der Waals surface area contributed by atoms with E-state index in [9.17, 15) is 14.4 Å². The van der Waals surface area contributed by atoms with Gasteiger partial charge in [0.25, 0.3) is 0 Å². The van der Waals surface area contributed by atoms with Crippen molar-refractivity contribution in [2.24, 2.45) is 28.1 Å². The highest BCUT2D eigenvalue weighted by Gasteiger charge is 2.65. The van der Waals surface area contributed by atoms with E-state index in [1.165, 1.54) is 6.92 Å². The molecule has 3 fully saturated rings. The standard InChI is InChI=1S/C32H46O4/c1-20(2)13-14-24(34)21(3)11-10-12-22(4)29-25(35)19-27-31(8)18-16-28(36-23(5)33)30(6,7)26(31)15-17-32(27,29)9/h10-13,26-28H,14-19H2,1-9H3/b12-10+,21-11+,29-22+/t26-,27-,28-,31-,32-/m0/s1. The lowest BCUT2D eigenvalue weighted by Gasteiger charge is -2.62. The number of hydrogen-bond acceptors (Lipinski definition) is 4. The summed E-state index contributed by atoms with van der Waals surface area (Å²) in [5.74, 6) is 0.876. The zero-order valence-electron chi connectivity index (χ0n) is 23.9. The molecule has 0 spiro atoms. The third-order valence-corrected chi connectivity index (χ3v) is 9.76. The van der Waals surface area contributed by atoms with Crippen molar-refractivity contribution in [3.05, 3.63) is 46.6 Å². The van der Waals surface area contributed by atoms with Crippen LogP contribution in [0.4, 0.5) is 0 Å². The molecule has 5 atom stereocenters. The summed E-state index contributed by atoms with van der Waals surface area (Å²) in [4.78, 5) is 37.6. The van der Waals surface area contributed by atoms with Crippen LogP contribution in [0.3, 0.4) is 0 Å². The molecule has 3 aliphatic rings. The van der Waals surface area contributed by atoms with E-state index in [2.05, 4.69) is 27.7 Å². The van der Waals surface area contributed by atoms with Gasteiger partial charge in [-0.15, -0.1) is 0 Å². The van der Waals surface area contributed by atoms with Crippen molar-refractivity contribution in [2.45, 2.75) is 107 Å². The number of fused-ring (bicyclic) bond motifs is 3. The van der Waals surface area contributed by atoms with Crippen LogP contribution in [-0.2, 0) is 19.1 Å². The van der Waals surface area contributed by atoms with Crippen LogP contribution in [0.2, 0.25) is 0 Å². The third kappa shape index (κ3) is 5.10. The SMILES string of the molecule is CC(=O)O[C@H]1CC[C@@]2(C)[C@@H](CC[C@]3(C)/C(=C(C)/C=C/C=C(\C)C(=O)CC=C(C)C)C(=O)C[C@@H]23)C1(C)C. The Morgan fingerprint density at radius 3 is 2.25 bits per heavy atom. The van der Waals surface area contributed by atoms with E-state index in [-0.39, 0.29) is 45.8 Å². The van der Waals surface area contributed by atoms with Gasteiger partial charge in [-0.2, -0.15) is 0 Å². The van der Waals surface area contributed by atoms with Crippen LogP contribution in [0.5, 0.6) is 0 Å². The van der Waals surface area contributed by atoms with Crippen molar-refractivity contribution >= 4 is 17.5 Å². The molecule has 4 nitrogen and oxygen atoms in total. The van der Waals surface area contributed by atoms with Crippen LogP contribution in [0.1, 0.15) is 101 Å². The summed E-state index contributed by atoms with van der Waals surface area (Å²) < 4.78 is 5.77. The molecule has 0 unspecified atom stereocenters. The Hall–Kier alpha value is -2.23. The Morgan fingerprint density at radius 2 is 1.64 bits per heavy atom. The number of rotatable bonds is 6. The summed E-state index contributed by atoms with van der Waals surface area (Å²) in [6, 6.07) is 0. The second kappa shape index (κ2) is 10.3. The highest BCUT2D eigenvalue weighted by atomic mass is 16.5. The first-order chi connectivity index (χ1) is 16.6. The summed E-state index contributed by atoms with van der Waals surface area (Å²) in [5.41, 5.74) is 3.61. The maximum absolute atomic E-state index is 13.5. The first-order valence-electron chi connectivity index (χ1n) is 13.6. The van der Waals surface area contributed by atoms with E-state index in [1.807, 2.05) is 52.0 Å². The molecule has 0 saturated heterocycles. The molecule has 0 bridgehead atoms. The number of allylic oxidation sites excluding steroid dienone is 8. The van der Waals surface area contributed by atoms with E-state index in [0.717, 1.165) is 48.0 Å². The molecule has 3 aliphatic carbocycles. The number of ether oxygens (including phenoxy) is 1. The monoisotopic (exact) mass is 494 g/mol. The molecule has 0 N–H and O–H groups in total. The van der Waals surface area contributed by atoms with Gasteiger partial charge in [-0.3, -0.25) is 14.4 Å². The normalized spacial score (nSPS) is 35.2. The van der Waals surface area contributed by atoms with Crippen molar-refractivity contribution in [3.8, 4) is 0 Å². The van der Waals surface area contributed by atoms with Crippen LogP contribution in [0, 0.1) is 28.1 Å². The lowest BCUT2D eigenvalue weighted by atomic mass is 9.43. The zero-order valence-corrected chi connectivity index (χ0v) is 23.9. The van der Waals surface area contributed by atoms with Gasteiger partial charge in [0.2, 0.25) is 0 Å². The van der Waals surface area contributed by atoms with Gasteiger partial charge < -0.3 is 4.74 Å². The predicted octanol–water partition coefficient (Wildman–Crippen LogP) is 7.49. The van der Waals surface area contributed by atoms with E-state index in [0.29, 0.717) is 18.8 Å². The summed E-state index contributed by atoms with van der Waals surface area (Å²) in [6.07, 6.45) is 12.5.